The van der Waals surface area contributed by atoms with Gasteiger partial charge in [-0.1, -0.05) is 35.2 Å². The summed E-state index contributed by atoms with van der Waals surface area (Å²) in [6.07, 6.45) is 3.08. The number of ether oxygens (including phenoxy) is 1. The van der Waals surface area contributed by atoms with Crippen molar-refractivity contribution in [1.82, 2.24) is 9.88 Å². The van der Waals surface area contributed by atoms with Gasteiger partial charge in [-0.3, -0.25) is 29.3 Å². The van der Waals surface area contributed by atoms with Gasteiger partial charge in [0.25, 0.3) is 11.6 Å². The Labute approximate surface area is 236 Å². The molecule has 1 aromatic heterocycles. The number of non-ortho nitro benzene ring substituents is 1. The Morgan fingerprint density at radius 3 is 2.52 bits per heavy atom. The molecule has 1 N–H and O–H groups in total. The van der Waals surface area contributed by atoms with Crippen LogP contribution in [-0.2, 0) is 14.4 Å². The van der Waals surface area contributed by atoms with Crippen molar-refractivity contribution in [2.75, 3.05) is 24.6 Å². The lowest BCUT2D eigenvalue weighted by Gasteiger charge is -2.30. The SMILES string of the molecule is O=C(COc1cccc(C2c3sc(=O)[nH]c3SC3C(=O)N(c4ccc([N+](=O)[O-])cc4)C(=O)C32)c1)N1CCCCC1. The monoisotopic (exact) mass is 580 g/mol. The summed E-state index contributed by atoms with van der Waals surface area (Å²) in [5, 5.41) is 10.8. The number of fused-ring (bicyclic) bond motifs is 2. The van der Waals surface area contributed by atoms with Crippen molar-refractivity contribution in [3.05, 3.63) is 78.8 Å². The maximum Gasteiger partial charge on any atom is 0.305 e. The van der Waals surface area contributed by atoms with Gasteiger partial charge in [-0.2, -0.15) is 0 Å². The first kappa shape index (κ1) is 26.3. The Bertz CT molecular complexity index is 1560. The van der Waals surface area contributed by atoms with Crippen molar-refractivity contribution in [2.45, 2.75) is 35.5 Å². The summed E-state index contributed by atoms with van der Waals surface area (Å²) in [5.41, 5.74) is 0.781. The summed E-state index contributed by atoms with van der Waals surface area (Å²) in [7, 11) is 0. The van der Waals surface area contributed by atoms with E-state index in [0.717, 1.165) is 60.4 Å². The van der Waals surface area contributed by atoms with Crippen LogP contribution in [-0.4, -0.2) is 57.5 Å². The number of amides is 3. The largest absolute Gasteiger partial charge is 0.484 e. The van der Waals surface area contributed by atoms with Gasteiger partial charge in [-0.15, -0.1) is 0 Å². The summed E-state index contributed by atoms with van der Waals surface area (Å²) in [4.78, 5) is 68.9. The van der Waals surface area contributed by atoms with Crippen LogP contribution in [0.4, 0.5) is 11.4 Å². The van der Waals surface area contributed by atoms with Gasteiger partial charge in [0.15, 0.2) is 6.61 Å². The summed E-state index contributed by atoms with van der Waals surface area (Å²) >= 11 is 2.15. The van der Waals surface area contributed by atoms with E-state index in [-0.39, 0.29) is 28.8 Å². The molecule has 4 heterocycles. The Kier molecular flexibility index (Phi) is 6.92. The molecule has 6 rings (SSSR count). The Balaban J connectivity index is 1.31. The van der Waals surface area contributed by atoms with Gasteiger partial charge in [0.05, 0.1) is 21.6 Å². The number of anilines is 1. The normalized spacial score (nSPS) is 22.1. The van der Waals surface area contributed by atoms with E-state index in [2.05, 4.69) is 4.98 Å². The van der Waals surface area contributed by atoms with Crippen molar-refractivity contribution in [2.24, 2.45) is 5.92 Å². The Morgan fingerprint density at radius 1 is 1.05 bits per heavy atom. The molecule has 3 aliphatic rings. The van der Waals surface area contributed by atoms with Crippen LogP contribution < -0.4 is 14.5 Å². The molecule has 0 saturated carbocycles. The number of thioether (sulfide) groups is 1. The van der Waals surface area contributed by atoms with Crippen LogP contribution >= 0.6 is 23.1 Å². The molecular weight excluding hydrogens is 556 g/mol. The molecule has 3 aromatic rings. The zero-order valence-electron chi connectivity index (χ0n) is 21.1. The molecule has 2 aromatic carbocycles. The number of piperidine rings is 1. The van der Waals surface area contributed by atoms with Crippen molar-refractivity contribution in [3.8, 4) is 5.75 Å². The molecule has 3 aliphatic heterocycles. The van der Waals surface area contributed by atoms with Gasteiger partial charge in [0.1, 0.15) is 11.0 Å². The zero-order valence-corrected chi connectivity index (χ0v) is 22.7. The number of aromatic amines is 1. The first-order valence-electron chi connectivity index (χ1n) is 12.8. The predicted octanol–water partition coefficient (Wildman–Crippen LogP) is 3.53. The molecular formula is C27H24N4O7S2. The van der Waals surface area contributed by atoms with E-state index >= 15 is 0 Å². The molecule has 3 atom stereocenters. The topological polar surface area (TPSA) is 143 Å². The van der Waals surface area contributed by atoms with Crippen molar-refractivity contribution in [1.29, 1.82) is 0 Å². The number of hydrogen-bond donors (Lipinski definition) is 1. The fourth-order valence-electron chi connectivity index (χ4n) is 5.53. The number of H-pyrrole nitrogens is 1. The molecule has 0 spiro atoms. The number of nitrogens with one attached hydrogen (secondary N) is 1. The summed E-state index contributed by atoms with van der Waals surface area (Å²) in [6, 6.07) is 12.3. The number of carbonyl (C=O) groups is 3. The molecule has 3 amide bonds. The van der Waals surface area contributed by atoms with Gasteiger partial charge < -0.3 is 14.6 Å². The molecule has 40 heavy (non-hydrogen) atoms. The molecule has 0 aliphatic carbocycles. The van der Waals surface area contributed by atoms with Crippen LogP contribution in [0.3, 0.4) is 0 Å². The van der Waals surface area contributed by atoms with Crippen LogP contribution in [0, 0.1) is 16.0 Å². The van der Waals surface area contributed by atoms with Gasteiger partial charge in [0.2, 0.25) is 11.8 Å². The van der Waals surface area contributed by atoms with E-state index in [1.54, 1.807) is 23.1 Å². The first-order chi connectivity index (χ1) is 19.3. The number of rotatable bonds is 6. The standard InChI is InChI=1S/C27H24N4O7S2/c32-19(29-11-2-1-3-12-29)14-38-18-6-4-5-15(13-18)20-21-23(39-24-22(20)40-27(35)28-24)26(34)30(25(21)33)16-7-9-17(10-8-16)31(36)37/h4-10,13,20-21,23H,1-3,11-12,14H2,(H,28,35). The first-order valence-corrected chi connectivity index (χ1v) is 14.5. The highest BCUT2D eigenvalue weighted by atomic mass is 32.2. The molecule has 13 heteroatoms. The lowest BCUT2D eigenvalue weighted by atomic mass is 9.83. The number of benzene rings is 2. The highest BCUT2D eigenvalue weighted by Gasteiger charge is 2.56. The van der Waals surface area contributed by atoms with E-state index in [1.165, 1.54) is 24.3 Å². The number of nitro groups is 1. The van der Waals surface area contributed by atoms with Crippen molar-refractivity contribution in [3.63, 3.8) is 0 Å². The second-order valence-corrected chi connectivity index (χ2v) is 12.0. The second kappa shape index (κ2) is 10.5. The number of carbonyl (C=O) groups excluding carboxylic acids is 3. The van der Waals surface area contributed by atoms with Crippen LogP contribution in [0.15, 0.2) is 58.4 Å². The fraction of sp³-hybridized carbons (Fsp3) is 0.333. The molecule has 3 unspecified atom stereocenters. The average molecular weight is 581 g/mol. The minimum Gasteiger partial charge on any atom is -0.484 e. The Morgan fingerprint density at radius 2 is 1.80 bits per heavy atom. The van der Waals surface area contributed by atoms with Gasteiger partial charge >= 0.3 is 4.87 Å². The number of thiazole rings is 1. The Hall–Kier alpha value is -3.97. The van der Waals surface area contributed by atoms with Crippen LogP contribution in [0.5, 0.6) is 5.75 Å². The van der Waals surface area contributed by atoms with E-state index in [0.29, 0.717) is 21.2 Å². The van der Waals surface area contributed by atoms with Gasteiger partial charge in [0, 0.05) is 36.0 Å². The highest BCUT2D eigenvalue weighted by Crippen LogP contribution is 2.53. The zero-order chi connectivity index (χ0) is 28.0. The molecule has 11 nitrogen and oxygen atoms in total. The average Bonchev–Trinajstić information content (AvgIpc) is 3.46. The number of imide groups is 1. The number of nitrogens with zero attached hydrogens (tertiary/aromatic N) is 3. The maximum absolute atomic E-state index is 13.8. The highest BCUT2D eigenvalue weighted by molar-refractivity contribution is 8.00. The third kappa shape index (κ3) is 4.68. The minimum atomic E-state index is -0.808. The number of likely N-dealkylation sites (tertiary alicyclic amines) is 1. The molecule has 0 bridgehead atoms. The third-order valence-electron chi connectivity index (χ3n) is 7.43. The van der Waals surface area contributed by atoms with Crippen LogP contribution in [0.25, 0.3) is 0 Å². The quantitative estimate of drug-likeness (QED) is 0.265. The molecule has 0 radical (unpaired) electrons. The summed E-state index contributed by atoms with van der Waals surface area (Å²) in [6.45, 7) is 1.34. The van der Waals surface area contributed by atoms with Gasteiger partial charge in [-0.25, -0.2) is 4.90 Å². The fourth-order valence-corrected chi connectivity index (χ4v) is 8.05. The summed E-state index contributed by atoms with van der Waals surface area (Å²) < 4.78 is 5.85. The van der Waals surface area contributed by atoms with E-state index in [1.807, 2.05) is 6.07 Å². The summed E-state index contributed by atoms with van der Waals surface area (Å²) in [5.74, 6) is -1.94. The lowest BCUT2D eigenvalue weighted by molar-refractivity contribution is -0.384. The smallest absolute Gasteiger partial charge is 0.305 e. The van der Waals surface area contributed by atoms with E-state index in [9.17, 15) is 29.3 Å². The number of hydrogen-bond acceptors (Lipinski definition) is 9. The maximum atomic E-state index is 13.8. The predicted molar refractivity (Wildman–Crippen MR) is 148 cm³/mol. The van der Waals surface area contributed by atoms with E-state index < -0.39 is 33.8 Å². The van der Waals surface area contributed by atoms with E-state index in [4.69, 9.17) is 4.74 Å². The van der Waals surface area contributed by atoms with Crippen molar-refractivity contribution < 1.29 is 24.0 Å². The van der Waals surface area contributed by atoms with Gasteiger partial charge in [-0.05, 0) is 49.1 Å². The molecule has 2 saturated heterocycles. The van der Waals surface area contributed by atoms with Crippen LogP contribution in [0.2, 0.25) is 0 Å². The second-order valence-electron chi connectivity index (χ2n) is 9.84. The molecule has 206 valence electrons. The molecule has 2 fully saturated rings. The minimum absolute atomic E-state index is 0.0827. The number of nitro benzene ring substituents is 1. The number of aromatic nitrogens is 1. The van der Waals surface area contributed by atoms with Crippen LogP contribution in [0.1, 0.15) is 35.6 Å². The third-order valence-corrected chi connectivity index (χ3v) is 9.83. The van der Waals surface area contributed by atoms with Crippen molar-refractivity contribution >= 4 is 52.2 Å². The lowest BCUT2D eigenvalue weighted by Crippen LogP contribution is -2.38.